The summed E-state index contributed by atoms with van der Waals surface area (Å²) in [7, 11) is 0. The summed E-state index contributed by atoms with van der Waals surface area (Å²) in [4.78, 5) is 68.6. The first kappa shape index (κ1) is 36.3. The molecule has 0 spiro atoms. The molecule has 4 amide bonds. The minimum atomic E-state index is -1.29. The minimum absolute atomic E-state index is 0.130. The highest BCUT2D eigenvalue weighted by molar-refractivity contribution is 6.30. The molecule has 2 fully saturated rings. The number of halogens is 1. The van der Waals surface area contributed by atoms with Gasteiger partial charge in [0, 0.05) is 37.0 Å². The molecule has 0 radical (unpaired) electrons. The maximum atomic E-state index is 14.4. The fraction of sp³-hybridized carbons (Fsp3) is 0.359. The number of carboxylic acids is 1. The van der Waals surface area contributed by atoms with Gasteiger partial charge in [0.15, 0.2) is 0 Å². The maximum Gasteiger partial charge on any atom is 0.352 e. The quantitative estimate of drug-likeness (QED) is 0.181. The molecule has 1 aliphatic heterocycles. The van der Waals surface area contributed by atoms with E-state index in [-0.39, 0.29) is 35.7 Å². The van der Waals surface area contributed by atoms with E-state index in [1.807, 2.05) is 49.4 Å². The lowest BCUT2D eigenvalue weighted by Gasteiger charge is -2.32. The van der Waals surface area contributed by atoms with Gasteiger partial charge in [-0.3, -0.25) is 24.1 Å². The Morgan fingerprint density at radius 3 is 2.22 bits per heavy atom. The molecule has 0 aromatic heterocycles. The van der Waals surface area contributed by atoms with Crippen LogP contribution in [0.25, 0.3) is 6.08 Å². The van der Waals surface area contributed by atoms with Crippen molar-refractivity contribution in [3.05, 3.63) is 106 Å². The normalized spacial score (nSPS) is 18.6. The van der Waals surface area contributed by atoms with E-state index in [1.54, 1.807) is 46.2 Å². The average molecular weight is 699 g/mol. The van der Waals surface area contributed by atoms with Crippen LogP contribution in [0.15, 0.2) is 84.6 Å². The molecule has 1 aliphatic carbocycles. The van der Waals surface area contributed by atoms with E-state index in [1.165, 1.54) is 13.0 Å². The first-order valence-electron chi connectivity index (χ1n) is 17.1. The third-order valence-corrected chi connectivity index (χ3v) is 9.79. The van der Waals surface area contributed by atoms with E-state index >= 15 is 0 Å². The van der Waals surface area contributed by atoms with Crippen LogP contribution < -0.4 is 15.5 Å². The molecule has 2 atom stereocenters. The van der Waals surface area contributed by atoms with Gasteiger partial charge in [-0.2, -0.15) is 0 Å². The zero-order valence-electron chi connectivity index (χ0n) is 28.4. The molecule has 5 rings (SSSR count). The van der Waals surface area contributed by atoms with E-state index in [2.05, 4.69) is 10.6 Å². The number of hydrogen-bond acceptors (Lipinski definition) is 5. The summed E-state index contributed by atoms with van der Waals surface area (Å²) in [5.74, 6) is -2.21. The van der Waals surface area contributed by atoms with Crippen molar-refractivity contribution >= 4 is 53.0 Å². The number of amides is 4. The second-order valence-electron chi connectivity index (χ2n) is 13.0. The Morgan fingerprint density at radius 1 is 0.960 bits per heavy atom. The van der Waals surface area contributed by atoms with Gasteiger partial charge in [-0.1, -0.05) is 86.0 Å². The molecule has 1 saturated carbocycles. The van der Waals surface area contributed by atoms with E-state index in [4.69, 9.17) is 11.6 Å². The number of hydrogen-bond donors (Lipinski definition) is 3. The largest absolute Gasteiger partial charge is 0.477 e. The molecule has 262 valence electrons. The number of rotatable bonds is 13. The lowest BCUT2D eigenvalue weighted by molar-refractivity contribution is -0.137. The molecular formula is C39H43ClN4O6. The number of anilines is 1. The first-order valence-corrected chi connectivity index (χ1v) is 17.5. The third kappa shape index (κ3) is 8.25. The molecule has 1 saturated heterocycles. The van der Waals surface area contributed by atoms with E-state index < -0.39 is 23.6 Å². The molecule has 10 nitrogen and oxygen atoms in total. The van der Waals surface area contributed by atoms with Gasteiger partial charge in [0.05, 0.1) is 5.41 Å². The van der Waals surface area contributed by atoms with E-state index in [9.17, 15) is 29.1 Å². The molecule has 3 aromatic rings. The lowest BCUT2D eigenvalue weighted by atomic mass is 9.81. The number of aliphatic carboxylic acids is 1. The van der Waals surface area contributed by atoms with Crippen molar-refractivity contribution in [2.75, 3.05) is 11.4 Å². The van der Waals surface area contributed by atoms with Crippen molar-refractivity contribution in [3.63, 3.8) is 0 Å². The van der Waals surface area contributed by atoms with Crippen molar-refractivity contribution < 1.29 is 29.1 Å². The SMILES string of the molecule is CCCC(=O)N1C(Cc2ccc(Cl)cc2)C(=O)N(c2ccc(/C=C(\NC(=O)C3(CCNC(C)=O)CCCC3)C(=O)O)cc2)C1c1ccccc1. The van der Waals surface area contributed by atoms with Crippen LogP contribution in [-0.4, -0.2) is 52.2 Å². The maximum absolute atomic E-state index is 14.4. The number of nitrogens with zero attached hydrogens (tertiary/aromatic N) is 2. The van der Waals surface area contributed by atoms with Gasteiger partial charge in [-0.15, -0.1) is 0 Å². The first-order chi connectivity index (χ1) is 24.0. The molecule has 0 bridgehead atoms. The summed E-state index contributed by atoms with van der Waals surface area (Å²) in [6.45, 7) is 3.68. The van der Waals surface area contributed by atoms with Crippen LogP contribution in [0.4, 0.5) is 5.69 Å². The Balaban J connectivity index is 1.45. The Labute approximate surface area is 297 Å². The molecule has 11 heteroatoms. The number of benzene rings is 3. The van der Waals surface area contributed by atoms with Crippen LogP contribution >= 0.6 is 11.6 Å². The molecule has 2 unspecified atom stereocenters. The standard InChI is InChI=1S/C39H43ClN4O6/c1-3-9-34(46)44-33(25-28-12-16-30(40)17-13-28)36(47)43(35(44)29-10-5-4-6-11-29)31-18-14-27(15-19-31)24-32(37(48)49)42-38(50)39(20-7-8-21-39)22-23-41-26(2)45/h4-6,10-19,24,33,35H,3,7-9,20-23,25H2,1-2H3,(H,41,45)(H,42,50)(H,48,49)/b32-24-. The zero-order valence-corrected chi connectivity index (χ0v) is 29.1. The topological polar surface area (TPSA) is 136 Å². The lowest BCUT2D eigenvalue weighted by Crippen LogP contribution is -2.42. The molecule has 3 aromatic carbocycles. The van der Waals surface area contributed by atoms with Gasteiger partial charge in [-0.25, -0.2) is 4.79 Å². The molecule has 3 N–H and O–H groups in total. The smallest absolute Gasteiger partial charge is 0.352 e. The fourth-order valence-corrected chi connectivity index (χ4v) is 7.13. The Bertz CT molecular complexity index is 1740. The summed E-state index contributed by atoms with van der Waals surface area (Å²) in [6, 6.07) is 22.7. The van der Waals surface area contributed by atoms with Crippen LogP contribution in [0, 0.1) is 5.41 Å². The summed E-state index contributed by atoms with van der Waals surface area (Å²) in [6.07, 6.45) is 5.25. The van der Waals surface area contributed by atoms with E-state index in [0.717, 1.165) is 24.0 Å². The second-order valence-corrected chi connectivity index (χ2v) is 13.5. The number of nitrogens with one attached hydrogen (secondary N) is 2. The van der Waals surface area contributed by atoms with Crippen LogP contribution in [0.1, 0.15) is 81.6 Å². The molecule has 1 heterocycles. The second kappa shape index (κ2) is 16.2. The van der Waals surface area contributed by atoms with Gasteiger partial charge in [-0.05, 0) is 72.7 Å². The fourth-order valence-electron chi connectivity index (χ4n) is 7.00. The Hall–Kier alpha value is -4.96. The van der Waals surface area contributed by atoms with Crippen LogP contribution in [-0.2, 0) is 30.4 Å². The summed E-state index contributed by atoms with van der Waals surface area (Å²) < 4.78 is 0. The molecule has 2 aliphatic rings. The zero-order chi connectivity index (χ0) is 35.8. The average Bonchev–Trinajstić information content (AvgIpc) is 3.69. The van der Waals surface area contributed by atoms with Gasteiger partial charge in [0.1, 0.15) is 17.9 Å². The number of carbonyl (C=O) groups excluding carboxylic acids is 4. The summed E-state index contributed by atoms with van der Waals surface area (Å²) in [5.41, 5.74) is 1.67. The van der Waals surface area contributed by atoms with Crippen LogP contribution in [0.2, 0.25) is 5.02 Å². The summed E-state index contributed by atoms with van der Waals surface area (Å²) in [5, 5.41) is 16.0. The van der Waals surface area contributed by atoms with Crippen LogP contribution in [0.3, 0.4) is 0 Å². The highest BCUT2D eigenvalue weighted by Gasteiger charge is 2.49. The molecule has 50 heavy (non-hydrogen) atoms. The predicted molar refractivity (Wildman–Crippen MR) is 192 cm³/mol. The van der Waals surface area contributed by atoms with E-state index in [0.29, 0.717) is 54.9 Å². The summed E-state index contributed by atoms with van der Waals surface area (Å²) >= 11 is 6.12. The highest BCUT2D eigenvalue weighted by Crippen LogP contribution is 2.42. The molecular weight excluding hydrogens is 656 g/mol. The van der Waals surface area contributed by atoms with Crippen LogP contribution in [0.5, 0.6) is 0 Å². The Kier molecular flexibility index (Phi) is 11.7. The van der Waals surface area contributed by atoms with Crippen molar-refractivity contribution in [2.45, 2.75) is 77.4 Å². The van der Waals surface area contributed by atoms with Gasteiger partial charge >= 0.3 is 5.97 Å². The van der Waals surface area contributed by atoms with Crippen molar-refractivity contribution in [2.24, 2.45) is 5.41 Å². The number of carboxylic acid groups (broad SMARTS) is 1. The van der Waals surface area contributed by atoms with Gasteiger partial charge in [0.25, 0.3) is 5.91 Å². The van der Waals surface area contributed by atoms with Crippen molar-refractivity contribution in [1.29, 1.82) is 0 Å². The minimum Gasteiger partial charge on any atom is -0.477 e. The monoisotopic (exact) mass is 698 g/mol. The van der Waals surface area contributed by atoms with Crippen molar-refractivity contribution in [1.82, 2.24) is 15.5 Å². The Morgan fingerprint density at radius 2 is 1.62 bits per heavy atom. The van der Waals surface area contributed by atoms with Crippen molar-refractivity contribution in [3.8, 4) is 0 Å². The van der Waals surface area contributed by atoms with Gasteiger partial charge < -0.3 is 20.6 Å². The van der Waals surface area contributed by atoms with Gasteiger partial charge in [0.2, 0.25) is 17.7 Å². The third-order valence-electron chi connectivity index (χ3n) is 9.54. The highest BCUT2D eigenvalue weighted by atomic mass is 35.5. The predicted octanol–water partition coefficient (Wildman–Crippen LogP) is 6.25. The number of carbonyl (C=O) groups is 5.